The molecule has 1 N–H and O–H groups in total. The molecule has 2 nitrogen and oxygen atoms in total. The second-order valence-electron chi connectivity index (χ2n) is 5.89. The van der Waals surface area contributed by atoms with Crippen LogP contribution in [0.15, 0.2) is 24.3 Å². The van der Waals surface area contributed by atoms with Crippen molar-refractivity contribution >= 4 is 5.69 Å². The second kappa shape index (κ2) is 6.24. The third-order valence-corrected chi connectivity index (χ3v) is 3.78. The molecule has 0 radical (unpaired) electrons. The number of hydrogen-bond donors (Lipinski definition) is 1. The van der Waals surface area contributed by atoms with Crippen LogP contribution in [0.1, 0.15) is 31.7 Å². The Kier molecular flexibility index (Phi) is 4.65. The zero-order chi connectivity index (χ0) is 13.0. The molecule has 2 rings (SSSR count). The van der Waals surface area contributed by atoms with Crippen LogP contribution in [0.5, 0.6) is 0 Å². The number of quaternary nitrogens is 1. The van der Waals surface area contributed by atoms with Crippen LogP contribution in [0.2, 0.25) is 0 Å². The summed E-state index contributed by atoms with van der Waals surface area (Å²) in [6, 6.07) is 9.04. The van der Waals surface area contributed by atoms with Crippen LogP contribution in [0.25, 0.3) is 0 Å². The molecule has 1 unspecified atom stereocenters. The van der Waals surface area contributed by atoms with Crippen LogP contribution in [0, 0.1) is 5.92 Å². The van der Waals surface area contributed by atoms with E-state index in [-0.39, 0.29) is 0 Å². The second-order valence-corrected chi connectivity index (χ2v) is 5.89. The van der Waals surface area contributed by atoms with Crippen LogP contribution < -0.4 is 9.80 Å². The molecule has 1 atom stereocenters. The fraction of sp³-hybridized carbons (Fsp3) is 0.625. The lowest BCUT2D eigenvalue weighted by atomic mass is 10.1. The zero-order valence-electron chi connectivity index (χ0n) is 12.1. The predicted molar refractivity (Wildman–Crippen MR) is 78.2 cm³/mol. The summed E-state index contributed by atoms with van der Waals surface area (Å²) in [5.41, 5.74) is 2.77. The summed E-state index contributed by atoms with van der Waals surface area (Å²) in [6.07, 6.45) is 4.22. The van der Waals surface area contributed by atoms with Crippen molar-refractivity contribution in [1.29, 1.82) is 0 Å². The first-order chi connectivity index (χ1) is 8.69. The van der Waals surface area contributed by atoms with Gasteiger partial charge in [0.25, 0.3) is 0 Å². The lowest BCUT2D eigenvalue weighted by molar-refractivity contribution is -0.915. The van der Waals surface area contributed by atoms with Gasteiger partial charge in [-0.15, -0.1) is 0 Å². The standard InChI is InChI=1S/C16H26N2/c1-4-11-18(12-14-5-6-14)13-15-7-9-16(10-8-15)17(2)3/h7-10,14H,4-6,11-13H2,1-3H3/p+1. The van der Waals surface area contributed by atoms with E-state index in [1.165, 1.54) is 50.1 Å². The van der Waals surface area contributed by atoms with E-state index in [4.69, 9.17) is 0 Å². The van der Waals surface area contributed by atoms with E-state index < -0.39 is 0 Å². The highest BCUT2D eigenvalue weighted by Crippen LogP contribution is 2.26. The highest BCUT2D eigenvalue weighted by molar-refractivity contribution is 5.45. The first-order valence-electron chi connectivity index (χ1n) is 7.29. The van der Waals surface area contributed by atoms with Crippen LogP contribution in [-0.4, -0.2) is 27.2 Å². The molecule has 1 saturated carbocycles. The number of benzene rings is 1. The Morgan fingerprint density at radius 1 is 1.17 bits per heavy atom. The normalized spacial score (nSPS) is 16.6. The quantitative estimate of drug-likeness (QED) is 0.774. The van der Waals surface area contributed by atoms with Gasteiger partial charge in [-0.3, -0.25) is 0 Å². The van der Waals surface area contributed by atoms with E-state index in [2.05, 4.69) is 50.2 Å². The zero-order valence-corrected chi connectivity index (χ0v) is 12.1. The Bertz CT molecular complexity index is 352. The van der Waals surface area contributed by atoms with E-state index in [1.54, 1.807) is 4.90 Å². The molecular formula is C16H27N2+. The van der Waals surface area contributed by atoms with Gasteiger partial charge in [-0.25, -0.2) is 0 Å². The SMILES string of the molecule is CCC[NH+](Cc1ccc(N(C)C)cc1)CC1CC1. The van der Waals surface area contributed by atoms with Crippen molar-refractivity contribution in [3.63, 3.8) is 0 Å². The molecule has 0 amide bonds. The highest BCUT2D eigenvalue weighted by Gasteiger charge is 2.26. The fourth-order valence-corrected chi connectivity index (χ4v) is 2.55. The smallest absolute Gasteiger partial charge is 0.103 e. The molecule has 0 aromatic heterocycles. The molecule has 100 valence electrons. The van der Waals surface area contributed by atoms with E-state index in [9.17, 15) is 0 Å². The molecule has 0 spiro atoms. The molecule has 0 bridgehead atoms. The number of rotatable bonds is 7. The summed E-state index contributed by atoms with van der Waals surface area (Å²) in [6.45, 7) is 6.18. The molecule has 0 saturated heterocycles. The number of nitrogens with zero attached hydrogens (tertiary/aromatic N) is 1. The molecule has 0 aliphatic heterocycles. The molecule has 1 aromatic rings. The Morgan fingerprint density at radius 3 is 2.33 bits per heavy atom. The summed E-state index contributed by atoms with van der Waals surface area (Å²) in [7, 11) is 4.19. The van der Waals surface area contributed by atoms with Gasteiger partial charge in [-0.1, -0.05) is 19.1 Å². The van der Waals surface area contributed by atoms with Crippen LogP contribution in [0.4, 0.5) is 5.69 Å². The van der Waals surface area contributed by atoms with Gasteiger partial charge < -0.3 is 9.80 Å². The average molecular weight is 247 g/mol. The maximum Gasteiger partial charge on any atom is 0.103 e. The molecule has 1 aromatic carbocycles. The molecular weight excluding hydrogens is 220 g/mol. The van der Waals surface area contributed by atoms with Crippen molar-refractivity contribution in [3.05, 3.63) is 29.8 Å². The number of nitrogens with one attached hydrogen (secondary N) is 1. The molecule has 1 aliphatic rings. The first kappa shape index (κ1) is 13.4. The summed E-state index contributed by atoms with van der Waals surface area (Å²) in [5, 5.41) is 0. The van der Waals surface area contributed by atoms with Gasteiger partial charge in [0.2, 0.25) is 0 Å². The largest absolute Gasteiger partial charge is 0.378 e. The lowest BCUT2D eigenvalue weighted by Crippen LogP contribution is -3.11. The van der Waals surface area contributed by atoms with Gasteiger partial charge in [0, 0.05) is 31.3 Å². The Hall–Kier alpha value is -1.02. The molecule has 1 aliphatic carbocycles. The van der Waals surface area contributed by atoms with Crippen molar-refractivity contribution in [3.8, 4) is 0 Å². The van der Waals surface area contributed by atoms with Crippen molar-refractivity contribution in [2.75, 3.05) is 32.1 Å². The van der Waals surface area contributed by atoms with Gasteiger partial charge in [0.05, 0.1) is 13.1 Å². The van der Waals surface area contributed by atoms with Gasteiger partial charge in [0.1, 0.15) is 6.54 Å². The number of hydrogen-bond acceptors (Lipinski definition) is 1. The van der Waals surface area contributed by atoms with Crippen LogP contribution in [0.3, 0.4) is 0 Å². The monoisotopic (exact) mass is 247 g/mol. The lowest BCUT2D eigenvalue weighted by Gasteiger charge is -2.19. The summed E-state index contributed by atoms with van der Waals surface area (Å²) in [5.74, 6) is 1.02. The van der Waals surface area contributed by atoms with Crippen LogP contribution in [-0.2, 0) is 6.54 Å². The fourth-order valence-electron chi connectivity index (χ4n) is 2.55. The minimum atomic E-state index is 1.02. The van der Waals surface area contributed by atoms with Crippen molar-refractivity contribution in [1.82, 2.24) is 0 Å². The van der Waals surface area contributed by atoms with E-state index in [1.807, 2.05) is 0 Å². The molecule has 1 fully saturated rings. The topological polar surface area (TPSA) is 7.68 Å². The van der Waals surface area contributed by atoms with Crippen molar-refractivity contribution in [2.45, 2.75) is 32.7 Å². The van der Waals surface area contributed by atoms with E-state index >= 15 is 0 Å². The predicted octanol–water partition coefficient (Wildman–Crippen LogP) is 1.96. The van der Waals surface area contributed by atoms with Gasteiger partial charge >= 0.3 is 0 Å². The third-order valence-electron chi connectivity index (χ3n) is 3.78. The minimum absolute atomic E-state index is 1.02. The molecule has 2 heteroatoms. The Morgan fingerprint density at radius 2 is 1.83 bits per heavy atom. The van der Waals surface area contributed by atoms with Gasteiger partial charge in [0.15, 0.2) is 0 Å². The maximum atomic E-state index is 2.29. The summed E-state index contributed by atoms with van der Waals surface area (Å²) < 4.78 is 0. The molecule has 0 heterocycles. The van der Waals surface area contributed by atoms with Gasteiger partial charge in [-0.2, -0.15) is 0 Å². The third kappa shape index (κ3) is 4.02. The minimum Gasteiger partial charge on any atom is -0.378 e. The Balaban J connectivity index is 1.92. The Labute approximate surface area is 112 Å². The first-order valence-corrected chi connectivity index (χ1v) is 7.29. The number of anilines is 1. The van der Waals surface area contributed by atoms with Crippen LogP contribution >= 0.6 is 0 Å². The highest BCUT2D eigenvalue weighted by atomic mass is 15.1. The van der Waals surface area contributed by atoms with Gasteiger partial charge in [-0.05, 0) is 31.4 Å². The van der Waals surface area contributed by atoms with E-state index in [0.29, 0.717) is 0 Å². The molecule has 18 heavy (non-hydrogen) atoms. The van der Waals surface area contributed by atoms with Crippen molar-refractivity contribution in [2.24, 2.45) is 5.92 Å². The van der Waals surface area contributed by atoms with Crippen molar-refractivity contribution < 1.29 is 4.90 Å². The van der Waals surface area contributed by atoms with E-state index in [0.717, 1.165) is 5.92 Å². The summed E-state index contributed by atoms with van der Waals surface area (Å²) >= 11 is 0. The maximum absolute atomic E-state index is 2.29. The summed E-state index contributed by atoms with van der Waals surface area (Å²) in [4.78, 5) is 3.92. The average Bonchev–Trinajstić information content (AvgIpc) is 3.14.